The van der Waals surface area contributed by atoms with Gasteiger partial charge in [0.1, 0.15) is 5.69 Å². The number of nitrogens with zero attached hydrogens (tertiary/aromatic N) is 1. The Bertz CT molecular complexity index is 447. The van der Waals surface area contributed by atoms with Gasteiger partial charge < -0.3 is 15.6 Å². The summed E-state index contributed by atoms with van der Waals surface area (Å²) >= 11 is 0. The number of hydrogen-bond acceptors (Lipinski definition) is 6. The number of nitro benzene ring substituents is 1. The molecule has 0 aliphatic rings. The molecule has 0 spiro atoms. The molecule has 1 aromatic rings. The molecular formula is C11H14N2O5. The van der Waals surface area contributed by atoms with Crippen LogP contribution in [0.1, 0.15) is 23.2 Å². The van der Waals surface area contributed by atoms with Crippen molar-refractivity contribution in [3.05, 3.63) is 33.9 Å². The third kappa shape index (κ3) is 3.70. The lowest BCUT2D eigenvalue weighted by molar-refractivity contribution is -0.383. The second-order valence-electron chi connectivity index (χ2n) is 3.60. The Kier molecular flexibility index (Phi) is 5.06. The molecule has 0 radical (unpaired) electrons. The first kappa shape index (κ1) is 13.9. The molecule has 0 heterocycles. The number of benzene rings is 1. The number of hydrogen-bond donors (Lipinski definition) is 2. The van der Waals surface area contributed by atoms with Gasteiger partial charge in [0.15, 0.2) is 0 Å². The van der Waals surface area contributed by atoms with Gasteiger partial charge >= 0.3 is 5.97 Å². The molecule has 1 rings (SSSR count). The molecule has 7 heteroatoms. The third-order valence-electron chi connectivity index (χ3n) is 2.25. The zero-order valence-electron chi connectivity index (χ0n) is 9.67. The van der Waals surface area contributed by atoms with E-state index in [0.29, 0.717) is 12.8 Å². The molecule has 98 valence electrons. The molecule has 3 N–H and O–H groups in total. The number of rotatable bonds is 6. The van der Waals surface area contributed by atoms with Crippen LogP contribution in [0.4, 0.5) is 11.4 Å². The minimum absolute atomic E-state index is 0.0437. The maximum absolute atomic E-state index is 11.5. The predicted molar refractivity (Wildman–Crippen MR) is 64.1 cm³/mol. The van der Waals surface area contributed by atoms with Crippen molar-refractivity contribution in [3.8, 4) is 0 Å². The van der Waals surface area contributed by atoms with Crippen molar-refractivity contribution >= 4 is 17.3 Å². The molecule has 0 aromatic heterocycles. The highest BCUT2D eigenvalue weighted by Gasteiger charge is 2.15. The van der Waals surface area contributed by atoms with E-state index in [9.17, 15) is 14.9 Å². The fraction of sp³-hybridized carbons (Fsp3) is 0.364. The van der Waals surface area contributed by atoms with Crippen LogP contribution in [0.3, 0.4) is 0 Å². The van der Waals surface area contributed by atoms with Crippen LogP contribution in [-0.2, 0) is 4.74 Å². The number of nitrogens with two attached hydrogens (primary N) is 1. The number of nitro groups is 1. The maximum Gasteiger partial charge on any atom is 0.338 e. The van der Waals surface area contributed by atoms with Crippen molar-refractivity contribution in [2.75, 3.05) is 18.9 Å². The van der Waals surface area contributed by atoms with Gasteiger partial charge in [0.2, 0.25) is 0 Å². The molecular weight excluding hydrogens is 240 g/mol. The lowest BCUT2D eigenvalue weighted by Crippen LogP contribution is -2.08. The number of aliphatic hydroxyl groups excluding tert-OH is 1. The van der Waals surface area contributed by atoms with Crippen LogP contribution in [-0.4, -0.2) is 29.2 Å². The summed E-state index contributed by atoms with van der Waals surface area (Å²) in [4.78, 5) is 21.4. The van der Waals surface area contributed by atoms with E-state index >= 15 is 0 Å². The first-order valence-electron chi connectivity index (χ1n) is 5.38. The number of nitrogen functional groups attached to an aromatic ring is 1. The summed E-state index contributed by atoms with van der Waals surface area (Å²) in [5.41, 5.74) is 5.30. The Morgan fingerprint density at radius 2 is 2.17 bits per heavy atom. The average molecular weight is 254 g/mol. The van der Waals surface area contributed by atoms with E-state index in [1.54, 1.807) is 0 Å². The topological polar surface area (TPSA) is 116 Å². The minimum atomic E-state index is -0.619. The van der Waals surface area contributed by atoms with E-state index in [2.05, 4.69) is 0 Å². The van der Waals surface area contributed by atoms with E-state index in [4.69, 9.17) is 15.6 Å². The van der Waals surface area contributed by atoms with E-state index < -0.39 is 10.9 Å². The first-order chi connectivity index (χ1) is 8.56. The normalized spacial score (nSPS) is 10.1. The molecule has 0 aliphatic carbocycles. The van der Waals surface area contributed by atoms with E-state index in [1.165, 1.54) is 18.2 Å². The van der Waals surface area contributed by atoms with Gasteiger partial charge in [0.05, 0.1) is 17.1 Å². The number of carbonyl (C=O) groups excluding carboxylic acids is 1. The third-order valence-corrected chi connectivity index (χ3v) is 2.25. The summed E-state index contributed by atoms with van der Waals surface area (Å²) < 4.78 is 4.91. The molecule has 0 unspecified atom stereocenters. The molecule has 7 nitrogen and oxygen atoms in total. The van der Waals surface area contributed by atoms with Crippen LogP contribution in [0.2, 0.25) is 0 Å². The van der Waals surface area contributed by atoms with Gasteiger partial charge in [-0.15, -0.1) is 0 Å². The lowest BCUT2D eigenvalue weighted by Gasteiger charge is -2.05. The van der Waals surface area contributed by atoms with Crippen LogP contribution in [0.25, 0.3) is 0 Å². The SMILES string of the molecule is Nc1cc(C(=O)OCCCCO)ccc1[N+](=O)[O-]. The van der Waals surface area contributed by atoms with Gasteiger partial charge in [0.25, 0.3) is 5.69 Å². The Morgan fingerprint density at radius 1 is 1.44 bits per heavy atom. The standard InChI is InChI=1S/C11H14N2O5/c12-9-7-8(3-4-10(9)13(16)17)11(15)18-6-2-1-5-14/h3-4,7,14H,1-2,5-6,12H2. The number of unbranched alkanes of at least 4 members (excludes halogenated alkanes) is 1. The summed E-state index contributed by atoms with van der Waals surface area (Å²) in [5.74, 6) is -0.588. The summed E-state index contributed by atoms with van der Waals surface area (Å²) in [6.07, 6.45) is 1.11. The first-order valence-corrected chi connectivity index (χ1v) is 5.38. The Morgan fingerprint density at radius 3 is 2.72 bits per heavy atom. The van der Waals surface area contributed by atoms with Gasteiger partial charge in [-0.05, 0) is 25.0 Å². The Labute approximate surface area is 103 Å². The lowest BCUT2D eigenvalue weighted by atomic mass is 10.2. The van der Waals surface area contributed by atoms with Crippen LogP contribution >= 0.6 is 0 Å². The number of carbonyl (C=O) groups is 1. The van der Waals surface area contributed by atoms with Gasteiger partial charge in [-0.3, -0.25) is 10.1 Å². The van der Waals surface area contributed by atoms with Crippen LogP contribution in [0.5, 0.6) is 0 Å². The van der Waals surface area contributed by atoms with E-state index in [-0.39, 0.29) is 30.2 Å². The summed E-state index contributed by atoms with van der Waals surface area (Å²) in [6.45, 7) is 0.234. The summed E-state index contributed by atoms with van der Waals surface area (Å²) in [5, 5.41) is 19.1. The number of esters is 1. The average Bonchev–Trinajstić information content (AvgIpc) is 2.33. The van der Waals surface area contributed by atoms with Crippen molar-refractivity contribution in [3.63, 3.8) is 0 Å². The number of ether oxygens (including phenoxy) is 1. The highest BCUT2D eigenvalue weighted by Crippen LogP contribution is 2.22. The zero-order valence-corrected chi connectivity index (χ0v) is 9.67. The van der Waals surface area contributed by atoms with Gasteiger partial charge in [-0.2, -0.15) is 0 Å². The smallest absolute Gasteiger partial charge is 0.338 e. The summed E-state index contributed by atoms with van der Waals surface area (Å²) in [6, 6.07) is 3.68. The van der Waals surface area contributed by atoms with Crippen LogP contribution in [0.15, 0.2) is 18.2 Å². The van der Waals surface area contributed by atoms with Gasteiger partial charge in [-0.25, -0.2) is 4.79 Å². The van der Waals surface area contributed by atoms with Gasteiger partial charge in [-0.1, -0.05) is 0 Å². The van der Waals surface area contributed by atoms with Crippen molar-refractivity contribution in [1.29, 1.82) is 0 Å². The quantitative estimate of drug-likeness (QED) is 0.258. The fourth-order valence-electron chi connectivity index (χ4n) is 1.31. The van der Waals surface area contributed by atoms with E-state index in [1.807, 2.05) is 0 Å². The molecule has 0 amide bonds. The second-order valence-corrected chi connectivity index (χ2v) is 3.60. The highest BCUT2D eigenvalue weighted by atomic mass is 16.6. The number of aliphatic hydroxyl groups is 1. The van der Waals surface area contributed by atoms with Crippen LogP contribution < -0.4 is 5.73 Å². The summed E-state index contributed by atoms with van der Waals surface area (Å²) in [7, 11) is 0. The number of anilines is 1. The minimum Gasteiger partial charge on any atom is -0.462 e. The monoisotopic (exact) mass is 254 g/mol. The fourth-order valence-corrected chi connectivity index (χ4v) is 1.31. The molecule has 0 bridgehead atoms. The molecule has 0 atom stereocenters. The second kappa shape index (κ2) is 6.55. The molecule has 0 saturated heterocycles. The zero-order chi connectivity index (χ0) is 13.5. The highest BCUT2D eigenvalue weighted by molar-refractivity contribution is 5.91. The van der Waals surface area contributed by atoms with Gasteiger partial charge in [0, 0.05) is 12.7 Å². The Hall–Kier alpha value is -2.15. The molecule has 0 fully saturated rings. The molecule has 0 aliphatic heterocycles. The maximum atomic E-state index is 11.5. The van der Waals surface area contributed by atoms with E-state index in [0.717, 1.165) is 0 Å². The van der Waals surface area contributed by atoms with Crippen molar-refractivity contribution < 1.29 is 19.6 Å². The molecule has 0 saturated carbocycles. The van der Waals surface area contributed by atoms with Crippen molar-refractivity contribution in [2.24, 2.45) is 0 Å². The predicted octanol–water partition coefficient (Wildman–Crippen LogP) is 1.11. The molecule has 1 aromatic carbocycles. The molecule has 18 heavy (non-hydrogen) atoms. The largest absolute Gasteiger partial charge is 0.462 e. The van der Waals surface area contributed by atoms with Crippen molar-refractivity contribution in [2.45, 2.75) is 12.8 Å². The van der Waals surface area contributed by atoms with Crippen molar-refractivity contribution in [1.82, 2.24) is 0 Å². The van der Waals surface area contributed by atoms with Crippen LogP contribution in [0, 0.1) is 10.1 Å². The Balaban J connectivity index is 2.64.